The molecule has 0 spiro atoms. The molecule has 0 bridgehead atoms. The summed E-state index contributed by atoms with van der Waals surface area (Å²) in [6.45, 7) is 1.76. The van der Waals surface area contributed by atoms with Crippen LogP contribution in [0.4, 0.5) is 0 Å². The number of para-hydroxylation sites is 1. The number of amides is 1. The molecule has 0 atom stereocenters. The molecular formula is C21H20N4O3. The summed E-state index contributed by atoms with van der Waals surface area (Å²) in [5.74, 6) is 1.16. The van der Waals surface area contributed by atoms with Crippen LogP contribution in [0.3, 0.4) is 0 Å². The predicted molar refractivity (Wildman–Crippen MR) is 102 cm³/mol. The number of ether oxygens (including phenoxy) is 1. The van der Waals surface area contributed by atoms with Crippen molar-refractivity contribution in [2.75, 3.05) is 0 Å². The number of aromatic nitrogens is 2. The number of hydrogen-bond acceptors (Lipinski definition) is 6. The molecule has 1 aliphatic rings. The summed E-state index contributed by atoms with van der Waals surface area (Å²) in [7, 11) is 0. The molecule has 1 N–H and O–H groups in total. The van der Waals surface area contributed by atoms with Gasteiger partial charge in [0.2, 0.25) is 0 Å². The fraction of sp³-hybridized carbons (Fsp3) is 0.333. The summed E-state index contributed by atoms with van der Waals surface area (Å²) in [4.78, 5) is 16.5. The number of hydrogen-bond donors (Lipinski definition) is 1. The van der Waals surface area contributed by atoms with Crippen LogP contribution in [-0.4, -0.2) is 28.2 Å². The molecule has 1 saturated carbocycles. The number of benzene rings is 1. The van der Waals surface area contributed by atoms with Crippen LogP contribution < -0.4 is 10.1 Å². The summed E-state index contributed by atoms with van der Waals surface area (Å²) in [6, 6.07) is 11.3. The molecule has 0 radical (unpaired) electrons. The number of pyridine rings is 1. The van der Waals surface area contributed by atoms with Gasteiger partial charge in [-0.25, -0.2) is 0 Å². The largest absolute Gasteiger partial charge is 0.490 e. The van der Waals surface area contributed by atoms with Crippen LogP contribution in [0.25, 0.3) is 10.9 Å². The molecule has 7 nitrogen and oxygen atoms in total. The number of nitriles is 1. The molecule has 0 unspecified atom stereocenters. The number of nitrogens with one attached hydrogen (secondary N) is 1. The third kappa shape index (κ3) is 3.67. The van der Waals surface area contributed by atoms with Crippen LogP contribution in [0.1, 0.15) is 47.5 Å². The molecule has 2 heterocycles. The van der Waals surface area contributed by atoms with Crippen molar-refractivity contribution in [3.63, 3.8) is 0 Å². The van der Waals surface area contributed by atoms with E-state index in [0.29, 0.717) is 22.5 Å². The average Bonchev–Trinajstić information content (AvgIpc) is 3.16. The quantitative estimate of drug-likeness (QED) is 0.747. The van der Waals surface area contributed by atoms with Crippen molar-refractivity contribution in [3.05, 3.63) is 53.5 Å². The van der Waals surface area contributed by atoms with Gasteiger partial charge < -0.3 is 14.6 Å². The van der Waals surface area contributed by atoms with Gasteiger partial charge in [-0.05, 0) is 50.8 Å². The zero-order valence-electron chi connectivity index (χ0n) is 15.5. The highest BCUT2D eigenvalue weighted by atomic mass is 16.5. The topological polar surface area (TPSA) is 101 Å². The molecule has 28 heavy (non-hydrogen) atoms. The molecule has 142 valence electrons. The van der Waals surface area contributed by atoms with Crippen molar-refractivity contribution in [3.8, 4) is 11.8 Å². The Morgan fingerprint density at radius 3 is 2.82 bits per heavy atom. The van der Waals surface area contributed by atoms with E-state index in [1.807, 2.05) is 18.2 Å². The Labute approximate surface area is 162 Å². The molecule has 1 aromatic carbocycles. The Morgan fingerprint density at radius 2 is 2.11 bits per heavy atom. The molecule has 0 aliphatic heterocycles. The minimum absolute atomic E-state index is 0.0683. The van der Waals surface area contributed by atoms with Crippen LogP contribution in [0.2, 0.25) is 0 Å². The lowest BCUT2D eigenvalue weighted by Gasteiger charge is -2.29. The van der Waals surface area contributed by atoms with E-state index >= 15 is 0 Å². The first-order chi connectivity index (χ1) is 13.6. The Hall–Kier alpha value is -3.40. The third-order valence-electron chi connectivity index (χ3n) is 5.02. The number of carbonyl (C=O) groups is 1. The molecule has 0 saturated heterocycles. The first-order valence-electron chi connectivity index (χ1n) is 9.32. The second-order valence-corrected chi connectivity index (χ2v) is 7.01. The van der Waals surface area contributed by atoms with Crippen LogP contribution in [0.5, 0.6) is 5.75 Å². The number of carbonyl (C=O) groups excluding carboxylic acids is 1. The Bertz CT molecular complexity index is 1050. The van der Waals surface area contributed by atoms with Crippen LogP contribution in [0, 0.1) is 18.3 Å². The lowest BCUT2D eigenvalue weighted by atomic mass is 9.92. The van der Waals surface area contributed by atoms with Gasteiger partial charge in [0.05, 0.1) is 17.2 Å². The van der Waals surface area contributed by atoms with E-state index in [0.717, 1.165) is 36.8 Å². The maximum Gasteiger partial charge on any atom is 0.273 e. The average molecular weight is 376 g/mol. The van der Waals surface area contributed by atoms with E-state index in [1.54, 1.807) is 25.3 Å². The monoisotopic (exact) mass is 376 g/mol. The van der Waals surface area contributed by atoms with Gasteiger partial charge in [0.25, 0.3) is 5.91 Å². The molecule has 3 aromatic rings. The molecule has 4 rings (SSSR count). The highest BCUT2D eigenvalue weighted by Crippen LogP contribution is 2.30. The number of nitrogens with zero attached hydrogens (tertiary/aromatic N) is 3. The zero-order valence-corrected chi connectivity index (χ0v) is 15.5. The van der Waals surface area contributed by atoms with Gasteiger partial charge in [-0.15, -0.1) is 0 Å². The van der Waals surface area contributed by atoms with Gasteiger partial charge in [0.15, 0.2) is 5.69 Å². The second-order valence-electron chi connectivity index (χ2n) is 7.01. The summed E-state index contributed by atoms with van der Waals surface area (Å²) in [6.07, 6.45) is 5.08. The Balaban J connectivity index is 1.38. The third-order valence-corrected chi connectivity index (χ3v) is 5.02. The fourth-order valence-corrected chi connectivity index (χ4v) is 3.58. The van der Waals surface area contributed by atoms with Gasteiger partial charge in [0, 0.05) is 23.7 Å². The van der Waals surface area contributed by atoms with Crippen molar-refractivity contribution in [1.82, 2.24) is 15.5 Å². The minimum atomic E-state index is -0.203. The number of rotatable bonds is 4. The van der Waals surface area contributed by atoms with Crippen LogP contribution >= 0.6 is 0 Å². The maximum absolute atomic E-state index is 12.2. The molecule has 7 heteroatoms. The molecule has 1 aliphatic carbocycles. The van der Waals surface area contributed by atoms with E-state index in [4.69, 9.17) is 9.26 Å². The Morgan fingerprint density at radius 1 is 1.29 bits per heavy atom. The first kappa shape index (κ1) is 18.0. The van der Waals surface area contributed by atoms with Crippen LogP contribution in [0.15, 0.2) is 41.1 Å². The van der Waals surface area contributed by atoms with Crippen molar-refractivity contribution >= 4 is 16.8 Å². The standard InChI is InChI=1S/C21H20N4O3/c1-13-11-18(25-28-13)21(26)24-15-5-7-16(8-6-15)27-19-9-10-23-20-14(12-22)3-2-4-17(19)20/h2-4,9-11,15-16H,5-8H2,1H3,(H,24,26)/t15-,16-. The fourth-order valence-electron chi connectivity index (χ4n) is 3.58. The Kier molecular flexibility index (Phi) is 4.94. The van der Waals surface area contributed by atoms with E-state index in [1.165, 1.54) is 0 Å². The molecular weight excluding hydrogens is 356 g/mol. The SMILES string of the molecule is Cc1cc(C(=O)N[C@H]2CC[C@H](Oc3ccnc4c(C#N)cccc34)CC2)no1. The smallest absolute Gasteiger partial charge is 0.273 e. The molecule has 2 aromatic heterocycles. The van der Waals surface area contributed by atoms with Crippen molar-refractivity contribution in [2.45, 2.75) is 44.8 Å². The van der Waals surface area contributed by atoms with Crippen molar-refractivity contribution < 1.29 is 14.1 Å². The lowest BCUT2D eigenvalue weighted by Crippen LogP contribution is -2.39. The predicted octanol–water partition coefficient (Wildman–Crippen LogP) is 3.52. The lowest BCUT2D eigenvalue weighted by molar-refractivity contribution is 0.0886. The summed E-state index contributed by atoms with van der Waals surface area (Å²) in [5, 5.41) is 16.9. The second kappa shape index (κ2) is 7.69. The molecule has 1 fully saturated rings. The van der Waals surface area contributed by atoms with Gasteiger partial charge in [-0.1, -0.05) is 11.2 Å². The van der Waals surface area contributed by atoms with E-state index in [2.05, 4.69) is 21.5 Å². The van der Waals surface area contributed by atoms with Gasteiger partial charge in [0.1, 0.15) is 17.6 Å². The molecule has 1 amide bonds. The van der Waals surface area contributed by atoms with Crippen LogP contribution in [-0.2, 0) is 0 Å². The summed E-state index contributed by atoms with van der Waals surface area (Å²) in [5.41, 5.74) is 1.51. The van der Waals surface area contributed by atoms with Gasteiger partial charge in [-0.2, -0.15) is 5.26 Å². The van der Waals surface area contributed by atoms with Crippen molar-refractivity contribution in [1.29, 1.82) is 5.26 Å². The first-order valence-corrected chi connectivity index (χ1v) is 9.32. The highest BCUT2D eigenvalue weighted by Gasteiger charge is 2.25. The van der Waals surface area contributed by atoms with Crippen molar-refractivity contribution in [2.24, 2.45) is 0 Å². The zero-order chi connectivity index (χ0) is 19.5. The van der Waals surface area contributed by atoms with E-state index < -0.39 is 0 Å². The van der Waals surface area contributed by atoms with E-state index in [-0.39, 0.29) is 18.1 Å². The number of aryl methyl sites for hydroxylation is 1. The number of fused-ring (bicyclic) bond motifs is 1. The van der Waals surface area contributed by atoms with Gasteiger partial charge >= 0.3 is 0 Å². The van der Waals surface area contributed by atoms with Gasteiger partial charge in [-0.3, -0.25) is 9.78 Å². The minimum Gasteiger partial charge on any atom is -0.490 e. The normalized spacial score (nSPS) is 19.1. The van der Waals surface area contributed by atoms with E-state index in [9.17, 15) is 10.1 Å². The maximum atomic E-state index is 12.2. The highest BCUT2D eigenvalue weighted by molar-refractivity contribution is 5.92. The summed E-state index contributed by atoms with van der Waals surface area (Å²) < 4.78 is 11.2. The summed E-state index contributed by atoms with van der Waals surface area (Å²) >= 11 is 0.